The number of rotatable bonds is 3. The average molecular weight is 435 g/mol. The van der Waals surface area contributed by atoms with E-state index in [1.54, 1.807) is 0 Å². The number of para-hydroxylation sites is 1. The van der Waals surface area contributed by atoms with Crippen molar-refractivity contribution in [2.24, 2.45) is 17.8 Å². The van der Waals surface area contributed by atoms with Gasteiger partial charge in [-0.15, -0.1) is 0 Å². The van der Waals surface area contributed by atoms with Crippen molar-refractivity contribution in [2.75, 3.05) is 20.2 Å². The lowest BCUT2D eigenvalue weighted by Crippen LogP contribution is -2.54. The van der Waals surface area contributed by atoms with Gasteiger partial charge < -0.3 is 9.72 Å². The molecule has 0 amide bonds. The number of nitrogens with zero attached hydrogens (tertiary/aromatic N) is 1. The van der Waals surface area contributed by atoms with Crippen LogP contribution in [-0.4, -0.2) is 55.1 Å². The van der Waals surface area contributed by atoms with E-state index in [-0.39, 0.29) is 17.9 Å². The molecule has 3 aliphatic rings. The number of hydrogen-bond donors (Lipinski definition) is 2. The Morgan fingerprint density at radius 3 is 2.83 bits per heavy atom. The first-order valence-corrected chi connectivity index (χ1v) is 11.8. The van der Waals surface area contributed by atoms with E-state index in [1.165, 1.54) is 23.8 Å². The number of methoxy groups -OCH3 is 1. The molecule has 0 spiro atoms. The molecule has 0 bridgehead atoms. The first-order chi connectivity index (χ1) is 14.4. The largest absolute Gasteiger partial charge is 0.469 e. The second-order valence-corrected chi connectivity index (χ2v) is 9.72. The summed E-state index contributed by atoms with van der Waals surface area (Å²) in [6, 6.07) is 8.42. The number of nitrogens with one attached hydrogen (secondary N) is 1. The Morgan fingerprint density at radius 2 is 2.07 bits per heavy atom. The van der Waals surface area contributed by atoms with Gasteiger partial charge in [-0.05, 0) is 49.1 Å². The molecule has 5 rings (SSSR count). The van der Waals surface area contributed by atoms with Gasteiger partial charge in [0.05, 0.1) is 25.2 Å². The van der Waals surface area contributed by atoms with Gasteiger partial charge in [0.1, 0.15) is 0 Å². The van der Waals surface area contributed by atoms with Crippen molar-refractivity contribution in [1.29, 1.82) is 0 Å². The van der Waals surface area contributed by atoms with Crippen LogP contribution in [-0.2, 0) is 30.5 Å². The number of hydrogen-bond acceptors (Lipinski definition) is 6. The molecule has 3 heterocycles. The second kappa shape index (κ2) is 7.33. The number of benzene rings is 1. The Morgan fingerprint density at radius 1 is 1.27 bits per heavy atom. The fourth-order valence-corrected chi connectivity index (χ4v) is 6.57. The van der Waals surface area contributed by atoms with Crippen molar-refractivity contribution in [3.63, 3.8) is 0 Å². The third-order valence-electron chi connectivity index (χ3n) is 7.24. The van der Waals surface area contributed by atoms with Crippen LogP contribution in [0.4, 0.5) is 0 Å². The number of carbonyl (C=O) groups is 1. The monoisotopic (exact) mass is 434 g/mol. The maximum absolute atomic E-state index is 12.7. The average Bonchev–Trinajstić information content (AvgIpc) is 3.10. The molecule has 1 saturated heterocycles. The SMILES string of the molecule is COC(=O)[C@@H]1C2CC3c4[nH]c5ccccc5c4CCN3CC2CC[C@@H]1OS(=O)(=O)O. The van der Waals surface area contributed by atoms with Gasteiger partial charge in [0.15, 0.2) is 0 Å². The minimum atomic E-state index is -4.65. The zero-order valence-corrected chi connectivity index (χ0v) is 17.6. The maximum Gasteiger partial charge on any atom is 0.397 e. The topological polar surface area (TPSA) is 109 Å². The number of aromatic nitrogens is 1. The van der Waals surface area contributed by atoms with E-state index in [2.05, 4.69) is 22.0 Å². The lowest BCUT2D eigenvalue weighted by molar-refractivity contribution is -0.158. The van der Waals surface area contributed by atoms with Gasteiger partial charge in [-0.3, -0.25) is 14.2 Å². The summed E-state index contributed by atoms with van der Waals surface area (Å²) in [6.45, 7) is 1.83. The highest BCUT2D eigenvalue weighted by atomic mass is 32.3. The Balaban J connectivity index is 1.50. The number of carbonyl (C=O) groups excluding carboxylic acids is 1. The molecule has 1 aromatic heterocycles. The fourth-order valence-electron chi connectivity index (χ4n) is 6.05. The van der Waals surface area contributed by atoms with E-state index < -0.39 is 28.4 Å². The van der Waals surface area contributed by atoms with Gasteiger partial charge in [0, 0.05) is 29.7 Å². The standard InChI is InChI=1S/C21H26N2O6S/c1-28-21(24)19-15-10-17-20-14(13-4-2-3-5-16(13)22-20)8-9-23(17)11-12(15)6-7-18(19)29-30(25,26)27/h2-5,12,15,17-19,22H,6-11H2,1H3,(H,25,26,27)/t12?,15?,17?,18-,19+/m0/s1. The Labute approximate surface area is 175 Å². The highest BCUT2D eigenvalue weighted by Crippen LogP contribution is 2.50. The number of H-pyrrole nitrogens is 1. The van der Waals surface area contributed by atoms with Crippen LogP contribution in [0.15, 0.2) is 24.3 Å². The highest BCUT2D eigenvalue weighted by Gasteiger charge is 2.51. The summed E-state index contributed by atoms with van der Waals surface area (Å²) in [5.74, 6) is -0.999. The van der Waals surface area contributed by atoms with Gasteiger partial charge in [0.25, 0.3) is 0 Å². The molecule has 5 atom stereocenters. The number of fused-ring (bicyclic) bond motifs is 6. The smallest absolute Gasteiger partial charge is 0.397 e. The van der Waals surface area contributed by atoms with E-state index in [0.29, 0.717) is 6.42 Å². The van der Waals surface area contributed by atoms with E-state index in [0.717, 1.165) is 37.9 Å². The fraction of sp³-hybridized carbons (Fsp3) is 0.571. The van der Waals surface area contributed by atoms with Crippen molar-refractivity contribution in [3.05, 3.63) is 35.5 Å². The minimum Gasteiger partial charge on any atom is -0.469 e. The summed E-state index contributed by atoms with van der Waals surface area (Å²) in [6.07, 6.45) is 1.96. The summed E-state index contributed by atoms with van der Waals surface area (Å²) >= 11 is 0. The van der Waals surface area contributed by atoms with Crippen LogP contribution in [0, 0.1) is 17.8 Å². The predicted octanol–water partition coefficient (Wildman–Crippen LogP) is 2.47. The summed E-state index contributed by atoms with van der Waals surface area (Å²) < 4.78 is 41.9. The quantitative estimate of drug-likeness (QED) is 0.564. The van der Waals surface area contributed by atoms with Crippen LogP contribution in [0.3, 0.4) is 0 Å². The van der Waals surface area contributed by atoms with Crippen molar-refractivity contribution < 1.29 is 26.7 Å². The van der Waals surface area contributed by atoms with Gasteiger partial charge in [-0.25, -0.2) is 4.18 Å². The lowest BCUT2D eigenvalue weighted by Gasteiger charge is -2.51. The van der Waals surface area contributed by atoms with Gasteiger partial charge in [-0.1, -0.05) is 18.2 Å². The number of aromatic amines is 1. The Bertz CT molecular complexity index is 1080. The third kappa shape index (κ3) is 3.33. The molecule has 1 aliphatic carbocycles. The second-order valence-electron chi connectivity index (χ2n) is 8.67. The summed E-state index contributed by atoms with van der Waals surface area (Å²) in [7, 11) is -3.34. The molecule has 2 aliphatic heterocycles. The summed E-state index contributed by atoms with van der Waals surface area (Å²) in [5, 5.41) is 1.25. The van der Waals surface area contributed by atoms with Crippen LogP contribution >= 0.6 is 0 Å². The zero-order valence-electron chi connectivity index (χ0n) is 16.8. The normalized spacial score (nSPS) is 31.6. The lowest BCUT2D eigenvalue weighted by atomic mass is 9.65. The van der Waals surface area contributed by atoms with Crippen molar-refractivity contribution in [3.8, 4) is 0 Å². The maximum atomic E-state index is 12.7. The number of piperidine rings is 1. The molecule has 2 fully saturated rings. The molecule has 2 aromatic rings. The first kappa shape index (κ1) is 20.0. The zero-order chi connectivity index (χ0) is 21.0. The summed E-state index contributed by atoms with van der Waals surface area (Å²) in [4.78, 5) is 18.7. The Hall–Kier alpha value is -1.94. The molecular weight excluding hydrogens is 408 g/mol. The molecular formula is C21H26N2O6S. The number of esters is 1. The van der Waals surface area contributed by atoms with Crippen molar-refractivity contribution in [1.82, 2.24) is 9.88 Å². The highest BCUT2D eigenvalue weighted by molar-refractivity contribution is 7.80. The van der Waals surface area contributed by atoms with Gasteiger partial charge >= 0.3 is 16.4 Å². The molecule has 0 radical (unpaired) electrons. The van der Waals surface area contributed by atoms with Crippen LogP contribution < -0.4 is 0 Å². The first-order valence-electron chi connectivity index (χ1n) is 10.4. The van der Waals surface area contributed by atoms with Crippen LogP contribution in [0.1, 0.15) is 36.6 Å². The molecule has 3 unspecified atom stereocenters. The van der Waals surface area contributed by atoms with Gasteiger partial charge in [0.2, 0.25) is 0 Å². The Kier molecular flexibility index (Phi) is 4.89. The summed E-state index contributed by atoms with van der Waals surface area (Å²) in [5.41, 5.74) is 3.65. The van der Waals surface area contributed by atoms with Crippen LogP contribution in [0.5, 0.6) is 0 Å². The van der Waals surface area contributed by atoms with Crippen LogP contribution in [0.25, 0.3) is 10.9 Å². The third-order valence-corrected chi connectivity index (χ3v) is 7.73. The van der Waals surface area contributed by atoms with Gasteiger partial charge in [-0.2, -0.15) is 8.42 Å². The molecule has 9 heteroatoms. The van der Waals surface area contributed by atoms with E-state index in [4.69, 9.17) is 8.92 Å². The van der Waals surface area contributed by atoms with E-state index in [9.17, 15) is 17.8 Å². The number of ether oxygens (including phenoxy) is 1. The molecule has 1 aromatic carbocycles. The van der Waals surface area contributed by atoms with Crippen LogP contribution in [0.2, 0.25) is 0 Å². The molecule has 162 valence electrons. The predicted molar refractivity (Wildman–Crippen MR) is 109 cm³/mol. The van der Waals surface area contributed by atoms with Crippen molar-refractivity contribution >= 4 is 27.3 Å². The van der Waals surface area contributed by atoms with E-state index >= 15 is 0 Å². The molecule has 2 N–H and O–H groups in total. The minimum absolute atomic E-state index is 0.0726. The van der Waals surface area contributed by atoms with Crippen molar-refractivity contribution in [2.45, 2.75) is 37.8 Å². The molecule has 8 nitrogen and oxygen atoms in total. The molecule has 30 heavy (non-hydrogen) atoms. The van der Waals surface area contributed by atoms with E-state index in [1.807, 2.05) is 12.1 Å². The molecule has 1 saturated carbocycles.